The zero-order valence-electron chi connectivity index (χ0n) is 21.8. The molecule has 5 rings (SSSR count). The Morgan fingerprint density at radius 3 is 2.50 bits per heavy atom. The van der Waals surface area contributed by atoms with E-state index < -0.39 is 0 Å². The number of hydrogen-bond donors (Lipinski definition) is 1. The highest BCUT2D eigenvalue weighted by Gasteiger charge is 2.18. The molecule has 0 spiro atoms. The Balaban J connectivity index is 1.49. The zero-order chi connectivity index (χ0) is 26.6. The van der Waals surface area contributed by atoms with Gasteiger partial charge >= 0.3 is 0 Å². The molecule has 0 saturated heterocycles. The highest BCUT2D eigenvalue weighted by molar-refractivity contribution is 6.31. The Morgan fingerprint density at radius 2 is 1.76 bits per heavy atom. The molecular weight excluding hydrogens is 494 g/mol. The fourth-order valence-electron chi connectivity index (χ4n) is 4.85. The summed E-state index contributed by atoms with van der Waals surface area (Å²) in [6.45, 7) is 6.01. The first-order valence-electron chi connectivity index (χ1n) is 13.0. The molecule has 38 heavy (non-hydrogen) atoms. The molecule has 2 N–H and O–H groups in total. The van der Waals surface area contributed by atoms with Crippen molar-refractivity contribution in [3.05, 3.63) is 117 Å². The maximum atomic E-state index is 13.6. The Bertz CT molecular complexity index is 1610. The van der Waals surface area contributed by atoms with Gasteiger partial charge in [0.2, 0.25) is 0 Å². The molecule has 0 saturated carbocycles. The van der Waals surface area contributed by atoms with Crippen LogP contribution in [0.25, 0.3) is 22.3 Å². The molecule has 194 valence electrons. The van der Waals surface area contributed by atoms with Crippen LogP contribution in [0.2, 0.25) is 5.02 Å². The van der Waals surface area contributed by atoms with Crippen molar-refractivity contribution in [1.29, 1.82) is 0 Å². The molecule has 5 aromatic rings. The number of hydrogen-bond acceptors (Lipinski definition) is 4. The molecule has 6 nitrogen and oxygen atoms in total. The average Bonchev–Trinajstić information content (AvgIpc) is 3.29. The molecule has 7 heteroatoms. The number of benzene rings is 3. The number of nitrogens with two attached hydrogens (primary N) is 1. The maximum Gasteiger partial charge on any atom is 0.261 e. The highest BCUT2D eigenvalue weighted by atomic mass is 35.5. The summed E-state index contributed by atoms with van der Waals surface area (Å²) in [7, 11) is 0. The molecule has 1 atom stereocenters. The topological polar surface area (TPSA) is 78.7 Å². The van der Waals surface area contributed by atoms with Crippen molar-refractivity contribution in [2.75, 3.05) is 6.54 Å². The Hall–Kier alpha value is -3.74. The molecule has 0 aliphatic heterocycles. The SMILES string of the molecule is Cc1ccc(-c2nc(CCN)cn2CC(C)Cc2nc3cc(Cl)ccc3c(=O)n2Cc2ccccc2)cc1. The van der Waals surface area contributed by atoms with Crippen LogP contribution in [-0.2, 0) is 25.9 Å². The van der Waals surface area contributed by atoms with Gasteiger partial charge in [-0.3, -0.25) is 9.36 Å². The number of aryl methyl sites for hydroxylation is 1. The molecule has 3 aromatic carbocycles. The Morgan fingerprint density at radius 1 is 1.00 bits per heavy atom. The minimum Gasteiger partial charge on any atom is -0.330 e. The fraction of sp³-hybridized carbons (Fsp3) is 0.258. The number of fused-ring (bicyclic) bond motifs is 1. The van der Waals surface area contributed by atoms with Crippen LogP contribution >= 0.6 is 11.6 Å². The predicted octanol–water partition coefficient (Wildman–Crippen LogP) is 5.65. The van der Waals surface area contributed by atoms with Crippen LogP contribution in [0.5, 0.6) is 0 Å². The van der Waals surface area contributed by atoms with Gasteiger partial charge in [0.1, 0.15) is 11.6 Å². The predicted molar refractivity (Wildman–Crippen MR) is 155 cm³/mol. The van der Waals surface area contributed by atoms with E-state index in [-0.39, 0.29) is 11.5 Å². The van der Waals surface area contributed by atoms with Crippen LogP contribution in [0.1, 0.15) is 29.6 Å². The van der Waals surface area contributed by atoms with E-state index in [0.29, 0.717) is 35.4 Å². The van der Waals surface area contributed by atoms with Crippen LogP contribution in [-0.4, -0.2) is 25.6 Å². The summed E-state index contributed by atoms with van der Waals surface area (Å²) in [5.41, 5.74) is 10.7. The molecule has 2 heterocycles. The first kappa shape index (κ1) is 25.9. The minimum atomic E-state index is -0.0501. The second-order valence-corrected chi connectivity index (χ2v) is 10.4. The third-order valence-corrected chi connectivity index (χ3v) is 6.99. The van der Waals surface area contributed by atoms with Gasteiger partial charge in [-0.2, -0.15) is 0 Å². The summed E-state index contributed by atoms with van der Waals surface area (Å²) in [6, 6.07) is 23.7. The standard InChI is InChI=1S/C31H32ClN5O/c1-21-8-10-24(11-9-21)30-34-26(14-15-33)20-36(30)18-22(2)16-29-35-28-17-25(32)12-13-27(28)31(38)37(29)19-23-6-4-3-5-7-23/h3-13,17,20,22H,14-16,18-19,33H2,1-2H3. The summed E-state index contributed by atoms with van der Waals surface area (Å²) >= 11 is 6.25. The Kier molecular flexibility index (Phi) is 7.72. The van der Waals surface area contributed by atoms with Gasteiger partial charge in [-0.25, -0.2) is 9.97 Å². The summed E-state index contributed by atoms with van der Waals surface area (Å²) in [5.74, 6) is 1.87. The maximum absolute atomic E-state index is 13.6. The third-order valence-electron chi connectivity index (χ3n) is 6.76. The van der Waals surface area contributed by atoms with E-state index in [4.69, 9.17) is 27.3 Å². The van der Waals surface area contributed by atoms with Gasteiger partial charge in [0, 0.05) is 36.2 Å². The summed E-state index contributed by atoms with van der Waals surface area (Å²) in [5, 5.41) is 1.14. The Labute approximate surface area is 227 Å². The zero-order valence-corrected chi connectivity index (χ0v) is 22.5. The van der Waals surface area contributed by atoms with E-state index in [1.807, 2.05) is 30.3 Å². The molecule has 2 aromatic heterocycles. The minimum absolute atomic E-state index is 0.0501. The number of nitrogens with zero attached hydrogens (tertiary/aromatic N) is 4. The van der Waals surface area contributed by atoms with E-state index in [0.717, 1.165) is 41.4 Å². The lowest BCUT2D eigenvalue weighted by molar-refractivity contribution is 0.460. The normalized spacial score (nSPS) is 12.2. The number of imidazole rings is 1. The second-order valence-electron chi connectivity index (χ2n) is 9.99. The van der Waals surface area contributed by atoms with Gasteiger partial charge in [-0.15, -0.1) is 0 Å². The van der Waals surface area contributed by atoms with Gasteiger partial charge in [0.25, 0.3) is 5.56 Å². The smallest absolute Gasteiger partial charge is 0.261 e. The van der Waals surface area contributed by atoms with E-state index in [9.17, 15) is 4.79 Å². The van der Waals surface area contributed by atoms with Crippen molar-refractivity contribution in [1.82, 2.24) is 19.1 Å². The highest BCUT2D eigenvalue weighted by Crippen LogP contribution is 2.23. The molecular formula is C31H32ClN5O. The first-order chi connectivity index (χ1) is 18.4. The quantitative estimate of drug-likeness (QED) is 0.270. The lowest BCUT2D eigenvalue weighted by atomic mass is 10.1. The lowest BCUT2D eigenvalue weighted by Crippen LogP contribution is -2.27. The van der Waals surface area contributed by atoms with Crippen LogP contribution in [0.4, 0.5) is 0 Å². The summed E-state index contributed by atoms with van der Waals surface area (Å²) in [6.07, 6.45) is 3.45. The van der Waals surface area contributed by atoms with E-state index in [2.05, 4.69) is 48.9 Å². The molecule has 0 fully saturated rings. The fourth-order valence-corrected chi connectivity index (χ4v) is 5.01. The molecule has 1 unspecified atom stereocenters. The van der Waals surface area contributed by atoms with Gasteiger partial charge in [-0.1, -0.05) is 78.7 Å². The monoisotopic (exact) mass is 525 g/mol. The van der Waals surface area contributed by atoms with Crippen LogP contribution < -0.4 is 11.3 Å². The van der Waals surface area contributed by atoms with Gasteiger partial charge < -0.3 is 10.3 Å². The van der Waals surface area contributed by atoms with Crippen molar-refractivity contribution < 1.29 is 0 Å². The van der Waals surface area contributed by atoms with Crippen molar-refractivity contribution in [2.24, 2.45) is 11.7 Å². The van der Waals surface area contributed by atoms with Crippen molar-refractivity contribution in [2.45, 2.75) is 39.8 Å². The molecule has 0 aliphatic carbocycles. The third kappa shape index (κ3) is 5.72. The van der Waals surface area contributed by atoms with Gasteiger partial charge in [0.05, 0.1) is 23.1 Å². The van der Waals surface area contributed by atoms with E-state index >= 15 is 0 Å². The number of aromatic nitrogens is 4. The summed E-state index contributed by atoms with van der Waals surface area (Å²) < 4.78 is 4.01. The van der Waals surface area contributed by atoms with Gasteiger partial charge in [-0.05, 0) is 43.1 Å². The van der Waals surface area contributed by atoms with E-state index in [1.54, 1.807) is 22.8 Å². The molecule has 0 amide bonds. The second kappa shape index (κ2) is 11.3. The first-order valence-corrected chi connectivity index (χ1v) is 13.3. The van der Waals surface area contributed by atoms with Crippen molar-refractivity contribution >= 4 is 22.5 Å². The van der Waals surface area contributed by atoms with Crippen LogP contribution in [0.3, 0.4) is 0 Å². The van der Waals surface area contributed by atoms with Gasteiger partial charge in [0.15, 0.2) is 0 Å². The van der Waals surface area contributed by atoms with E-state index in [1.165, 1.54) is 5.56 Å². The molecule has 0 radical (unpaired) electrons. The largest absolute Gasteiger partial charge is 0.330 e. The van der Waals surface area contributed by atoms with Crippen molar-refractivity contribution in [3.8, 4) is 11.4 Å². The molecule has 0 aliphatic rings. The van der Waals surface area contributed by atoms with Crippen LogP contribution in [0.15, 0.2) is 83.8 Å². The average molecular weight is 526 g/mol. The lowest BCUT2D eigenvalue weighted by Gasteiger charge is -2.18. The van der Waals surface area contributed by atoms with Crippen molar-refractivity contribution in [3.63, 3.8) is 0 Å². The number of rotatable bonds is 9. The molecule has 0 bridgehead atoms. The van der Waals surface area contributed by atoms with Crippen LogP contribution in [0, 0.1) is 12.8 Å². The number of halogens is 1. The summed E-state index contributed by atoms with van der Waals surface area (Å²) in [4.78, 5) is 23.4.